The molecule has 0 aliphatic heterocycles. The number of phenolic OH excluding ortho intramolecular Hbond substituents is 1. The molecule has 0 unspecified atom stereocenters. The summed E-state index contributed by atoms with van der Waals surface area (Å²) in [6.07, 6.45) is 1.57. The molecule has 0 bridgehead atoms. The molecular weight excluding hydrogens is 341 g/mol. The minimum atomic E-state index is -4.30. The third-order valence-corrected chi connectivity index (χ3v) is 3.99. The van der Waals surface area contributed by atoms with Crippen LogP contribution in [-0.2, 0) is 10.1 Å². The summed E-state index contributed by atoms with van der Waals surface area (Å²) in [6, 6.07) is 12.0. The van der Waals surface area contributed by atoms with E-state index in [1.807, 2.05) is 0 Å². The molecule has 0 radical (unpaired) electrons. The molecule has 1 heterocycles. The van der Waals surface area contributed by atoms with Crippen molar-refractivity contribution in [2.75, 3.05) is 0 Å². The normalized spacial score (nSPS) is 11.5. The summed E-state index contributed by atoms with van der Waals surface area (Å²) in [5.41, 5.74) is 0.190. The van der Waals surface area contributed by atoms with Gasteiger partial charge in [0.15, 0.2) is 5.82 Å². The molecule has 9 heteroatoms. The molecule has 0 aliphatic carbocycles. The smallest absolute Gasteiger partial charge is 1.00 e. The van der Waals surface area contributed by atoms with Crippen molar-refractivity contribution in [2.45, 2.75) is 4.90 Å². The maximum absolute atomic E-state index is 11.2. The Balaban J connectivity index is 0.00000156. The van der Waals surface area contributed by atoms with Gasteiger partial charge in [0.2, 0.25) is 0 Å². The Kier molecular flexibility index (Phi) is 5.68. The summed E-state index contributed by atoms with van der Waals surface area (Å²) in [5.74, 6) is 0.273. The Labute approximate surface area is 161 Å². The number of aromatic hydroxyl groups is 1. The standard InChI is InChI=1S/C15H11N3O4S.Na.H/c19-13-7-4-10-9-11(23(20,21)22)5-6-12(10)15(13)18-17-14-3-1-2-8-16-14;;/h1-9,19H,(H,20,21,22);;/q;+1;-1. The van der Waals surface area contributed by atoms with Gasteiger partial charge in [-0.05, 0) is 35.7 Å². The number of benzene rings is 2. The van der Waals surface area contributed by atoms with E-state index in [-0.39, 0.29) is 47.3 Å². The molecule has 0 fully saturated rings. The molecule has 0 atom stereocenters. The fraction of sp³-hybridized carbons (Fsp3) is 0. The van der Waals surface area contributed by atoms with E-state index < -0.39 is 10.1 Å². The van der Waals surface area contributed by atoms with E-state index in [0.29, 0.717) is 16.6 Å². The zero-order chi connectivity index (χ0) is 16.4. The van der Waals surface area contributed by atoms with E-state index in [9.17, 15) is 13.5 Å². The predicted molar refractivity (Wildman–Crippen MR) is 85.0 cm³/mol. The predicted octanol–water partition coefficient (Wildman–Crippen LogP) is 0.719. The van der Waals surface area contributed by atoms with Crippen LogP contribution in [0.4, 0.5) is 11.5 Å². The van der Waals surface area contributed by atoms with Gasteiger partial charge in [-0.25, -0.2) is 4.98 Å². The third-order valence-electron chi connectivity index (χ3n) is 3.14. The number of azo groups is 1. The van der Waals surface area contributed by atoms with Crippen molar-refractivity contribution in [1.29, 1.82) is 0 Å². The van der Waals surface area contributed by atoms with Gasteiger partial charge in [0, 0.05) is 11.6 Å². The Morgan fingerprint density at radius 3 is 2.50 bits per heavy atom. The Morgan fingerprint density at radius 2 is 1.83 bits per heavy atom. The number of phenols is 1. The summed E-state index contributed by atoms with van der Waals surface area (Å²) in [4.78, 5) is 3.76. The van der Waals surface area contributed by atoms with Crippen LogP contribution in [0.15, 0.2) is 69.9 Å². The van der Waals surface area contributed by atoms with Gasteiger partial charge in [-0.1, -0.05) is 18.2 Å². The molecule has 0 amide bonds. The van der Waals surface area contributed by atoms with Crippen LogP contribution in [0, 0.1) is 0 Å². The molecule has 1 aromatic heterocycles. The van der Waals surface area contributed by atoms with Gasteiger partial charge >= 0.3 is 29.6 Å². The average molecular weight is 353 g/mol. The molecule has 0 aliphatic rings. The number of nitrogens with zero attached hydrogens (tertiary/aromatic N) is 3. The van der Waals surface area contributed by atoms with Crippen molar-refractivity contribution < 1.29 is 49.1 Å². The van der Waals surface area contributed by atoms with Crippen LogP contribution in [-0.4, -0.2) is 23.1 Å². The van der Waals surface area contributed by atoms with Gasteiger partial charge in [-0.3, -0.25) is 4.55 Å². The number of aromatic nitrogens is 1. The van der Waals surface area contributed by atoms with E-state index in [4.69, 9.17) is 4.55 Å². The fourth-order valence-corrected chi connectivity index (χ4v) is 2.58. The third kappa shape index (κ3) is 3.97. The van der Waals surface area contributed by atoms with Crippen LogP contribution in [0.3, 0.4) is 0 Å². The summed E-state index contributed by atoms with van der Waals surface area (Å²) in [7, 11) is -4.30. The first kappa shape index (κ1) is 18.5. The summed E-state index contributed by atoms with van der Waals surface area (Å²) < 4.78 is 31.5. The monoisotopic (exact) mass is 353 g/mol. The van der Waals surface area contributed by atoms with Crippen LogP contribution in [0.5, 0.6) is 5.75 Å². The van der Waals surface area contributed by atoms with E-state index in [0.717, 1.165) is 0 Å². The van der Waals surface area contributed by atoms with Crippen LogP contribution in [0.2, 0.25) is 0 Å². The second kappa shape index (κ2) is 7.37. The fourth-order valence-electron chi connectivity index (χ4n) is 2.06. The van der Waals surface area contributed by atoms with Crippen LogP contribution in [0.1, 0.15) is 1.43 Å². The first-order valence-corrected chi connectivity index (χ1v) is 7.95. The number of rotatable bonds is 3. The van der Waals surface area contributed by atoms with E-state index >= 15 is 0 Å². The second-order valence-electron chi connectivity index (χ2n) is 4.68. The van der Waals surface area contributed by atoms with Gasteiger partial charge in [0.1, 0.15) is 11.4 Å². The topological polar surface area (TPSA) is 112 Å². The van der Waals surface area contributed by atoms with Gasteiger partial charge in [-0.2, -0.15) is 8.42 Å². The number of hydrogen-bond donors (Lipinski definition) is 2. The van der Waals surface area contributed by atoms with Crippen molar-refractivity contribution in [3.8, 4) is 5.75 Å². The van der Waals surface area contributed by atoms with Gasteiger partial charge < -0.3 is 6.53 Å². The van der Waals surface area contributed by atoms with Crippen molar-refractivity contribution in [1.82, 2.24) is 4.98 Å². The molecule has 0 saturated heterocycles. The van der Waals surface area contributed by atoms with Crippen molar-refractivity contribution in [3.63, 3.8) is 0 Å². The van der Waals surface area contributed by atoms with Crippen molar-refractivity contribution >= 4 is 32.4 Å². The molecule has 0 saturated carbocycles. The first-order chi connectivity index (χ1) is 10.9. The molecule has 24 heavy (non-hydrogen) atoms. The van der Waals surface area contributed by atoms with Crippen LogP contribution < -0.4 is 29.6 Å². The maximum atomic E-state index is 11.2. The molecule has 3 aromatic rings. The molecule has 2 aromatic carbocycles. The molecule has 118 valence electrons. The average Bonchev–Trinajstić information content (AvgIpc) is 2.53. The van der Waals surface area contributed by atoms with Crippen LogP contribution >= 0.6 is 0 Å². The van der Waals surface area contributed by atoms with Gasteiger partial charge in [0.25, 0.3) is 10.1 Å². The maximum Gasteiger partial charge on any atom is 1.00 e. The van der Waals surface area contributed by atoms with E-state index in [1.165, 1.54) is 30.3 Å². The summed E-state index contributed by atoms with van der Waals surface area (Å²) in [6.45, 7) is 0. The van der Waals surface area contributed by atoms with E-state index in [2.05, 4.69) is 15.2 Å². The molecule has 0 spiro atoms. The molecule has 2 N–H and O–H groups in total. The number of hydrogen-bond acceptors (Lipinski definition) is 6. The van der Waals surface area contributed by atoms with Gasteiger partial charge in [-0.15, -0.1) is 10.2 Å². The van der Waals surface area contributed by atoms with Crippen molar-refractivity contribution in [2.24, 2.45) is 10.2 Å². The molecular formula is C15H12N3NaO4S. The Morgan fingerprint density at radius 1 is 1.04 bits per heavy atom. The number of pyridine rings is 1. The zero-order valence-corrected chi connectivity index (χ0v) is 15.5. The zero-order valence-electron chi connectivity index (χ0n) is 13.7. The first-order valence-electron chi connectivity index (χ1n) is 6.51. The van der Waals surface area contributed by atoms with Crippen LogP contribution in [0.25, 0.3) is 10.8 Å². The molecule has 3 rings (SSSR count). The quantitative estimate of drug-likeness (QED) is 0.409. The van der Waals surface area contributed by atoms with Gasteiger partial charge in [0.05, 0.1) is 4.90 Å². The second-order valence-corrected chi connectivity index (χ2v) is 6.10. The van der Waals surface area contributed by atoms with Crippen molar-refractivity contribution in [3.05, 3.63) is 54.7 Å². The largest absolute Gasteiger partial charge is 1.00 e. The summed E-state index contributed by atoms with van der Waals surface area (Å²) >= 11 is 0. The SMILES string of the molecule is O=S(=O)(O)c1ccc2c(N=Nc3ccccn3)c(O)ccc2c1.[H-].[Na+]. The minimum absolute atomic E-state index is 0. The number of fused-ring (bicyclic) bond motifs is 1. The minimum Gasteiger partial charge on any atom is -1.00 e. The molecule has 7 nitrogen and oxygen atoms in total. The summed E-state index contributed by atoms with van der Waals surface area (Å²) in [5, 5.41) is 18.9. The van der Waals surface area contributed by atoms with E-state index in [1.54, 1.807) is 24.4 Å². The Bertz CT molecular complexity index is 1010. The Hall–Kier alpha value is -1.84.